The molecule has 2 fully saturated rings. The van der Waals surface area contributed by atoms with E-state index in [2.05, 4.69) is 23.6 Å². The highest BCUT2D eigenvalue weighted by atomic mass is 16.2. The van der Waals surface area contributed by atoms with Gasteiger partial charge >= 0.3 is 0 Å². The summed E-state index contributed by atoms with van der Waals surface area (Å²) >= 11 is 0. The van der Waals surface area contributed by atoms with Crippen LogP contribution in [0.15, 0.2) is 0 Å². The molecule has 0 bridgehead atoms. The van der Waals surface area contributed by atoms with Crippen LogP contribution < -0.4 is 0 Å². The lowest BCUT2D eigenvalue weighted by Gasteiger charge is -2.38. The molecule has 0 atom stereocenters. The smallest absolute Gasteiger partial charge is 0.236 e. The molecule has 1 aliphatic carbocycles. The van der Waals surface area contributed by atoms with Crippen LogP contribution in [0.1, 0.15) is 52.4 Å². The number of rotatable bonds is 7. The molecule has 2 rings (SSSR count). The SMILES string of the molecule is CCCN(CCC)C(=O)CN1CCN(C2CCCC2)CC1. The van der Waals surface area contributed by atoms with Crippen molar-refractivity contribution < 1.29 is 4.79 Å². The van der Waals surface area contributed by atoms with E-state index in [4.69, 9.17) is 0 Å². The average Bonchev–Trinajstić information content (AvgIpc) is 3.02. The minimum absolute atomic E-state index is 0.327. The quantitative estimate of drug-likeness (QED) is 0.720. The predicted octanol–water partition coefficient (Wildman–Crippen LogP) is 2.20. The van der Waals surface area contributed by atoms with Gasteiger partial charge < -0.3 is 4.90 Å². The zero-order valence-electron chi connectivity index (χ0n) is 14.0. The summed E-state index contributed by atoms with van der Waals surface area (Å²) in [5, 5.41) is 0. The summed E-state index contributed by atoms with van der Waals surface area (Å²) in [4.78, 5) is 19.5. The Labute approximate surface area is 130 Å². The van der Waals surface area contributed by atoms with Crippen LogP contribution >= 0.6 is 0 Å². The van der Waals surface area contributed by atoms with E-state index in [-0.39, 0.29) is 0 Å². The van der Waals surface area contributed by atoms with Crippen LogP contribution in [-0.4, -0.2) is 72.5 Å². The van der Waals surface area contributed by atoms with Crippen molar-refractivity contribution in [3.63, 3.8) is 0 Å². The molecule has 1 aliphatic heterocycles. The minimum atomic E-state index is 0.327. The summed E-state index contributed by atoms with van der Waals surface area (Å²) in [5.74, 6) is 0.327. The maximum Gasteiger partial charge on any atom is 0.236 e. The van der Waals surface area contributed by atoms with Gasteiger partial charge in [0.05, 0.1) is 6.54 Å². The average molecular weight is 295 g/mol. The van der Waals surface area contributed by atoms with Crippen molar-refractivity contribution in [2.24, 2.45) is 0 Å². The molecule has 0 aromatic rings. The van der Waals surface area contributed by atoms with Gasteiger partial charge in [0.25, 0.3) is 0 Å². The van der Waals surface area contributed by atoms with Crippen LogP contribution in [0.5, 0.6) is 0 Å². The van der Waals surface area contributed by atoms with Gasteiger partial charge in [-0.2, -0.15) is 0 Å². The molecule has 0 radical (unpaired) electrons. The van der Waals surface area contributed by atoms with Crippen molar-refractivity contribution in [1.29, 1.82) is 0 Å². The van der Waals surface area contributed by atoms with Gasteiger partial charge in [0.1, 0.15) is 0 Å². The van der Waals surface area contributed by atoms with Crippen molar-refractivity contribution in [3.05, 3.63) is 0 Å². The van der Waals surface area contributed by atoms with E-state index < -0.39 is 0 Å². The van der Waals surface area contributed by atoms with Crippen LogP contribution in [0.4, 0.5) is 0 Å². The van der Waals surface area contributed by atoms with Crippen LogP contribution in [0, 0.1) is 0 Å². The molecule has 0 aromatic carbocycles. The summed E-state index contributed by atoms with van der Waals surface area (Å²) in [5.41, 5.74) is 0. The first-order valence-electron chi connectivity index (χ1n) is 8.98. The fraction of sp³-hybridized carbons (Fsp3) is 0.941. The molecular formula is C17H33N3O. The third kappa shape index (κ3) is 4.96. The van der Waals surface area contributed by atoms with Gasteiger partial charge in [0.2, 0.25) is 5.91 Å². The normalized spacial score (nSPS) is 21.8. The number of carbonyl (C=O) groups excluding carboxylic acids is 1. The number of hydrogen-bond donors (Lipinski definition) is 0. The minimum Gasteiger partial charge on any atom is -0.342 e. The Morgan fingerprint density at radius 2 is 1.57 bits per heavy atom. The number of carbonyl (C=O) groups is 1. The highest BCUT2D eigenvalue weighted by molar-refractivity contribution is 5.78. The molecule has 122 valence electrons. The van der Waals surface area contributed by atoms with E-state index >= 15 is 0 Å². The number of hydrogen-bond acceptors (Lipinski definition) is 3. The molecule has 4 heteroatoms. The molecule has 0 aromatic heterocycles. The topological polar surface area (TPSA) is 26.8 Å². The molecule has 4 nitrogen and oxygen atoms in total. The lowest BCUT2D eigenvalue weighted by molar-refractivity contribution is -0.133. The van der Waals surface area contributed by atoms with Gasteiger partial charge in [0, 0.05) is 45.3 Å². The van der Waals surface area contributed by atoms with E-state index in [0.717, 1.165) is 58.2 Å². The fourth-order valence-electron chi connectivity index (χ4n) is 3.75. The largest absolute Gasteiger partial charge is 0.342 e. The number of amides is 1. The summed E-state index contributed by atoms with van der Waals surface area (Å²) in [6.07, 6.45) is 7.71. The van der Waals surface area contributed by atoms with Gasteiger partial charge in [-0.05, 0) is 25.7 Å². The zero-order chi connectivity index (χ0) is 15.1. The maximum atomic E-state index is 12.4. The van der Waals surface area contributed by atoms with Gasteiger partial charge in [-0.25, -0.2) is 0 Å². The standard InChI is InChI=1S/C17H33N3O/c1-3-9-20(10-4-2)17(21)15-18-11-13-19(14-12-18)16-7-5-6-8-16/h16H,3-15H2,1-2H3. The third-order valence-electron chi connectivity index (χ3n) is 4.95. The molecule has 0 N–H and O–H groups in total. The van der Waals surface area contributed by atoms with Crippen LogP contribution in [0.3, 0.4) is 0 Å². The first-order chi connectivity index (χ1) is 10.2. The predicted molar refractivity (Wildman–Crippen MR) is 87.4 cm³/mol. The highest BCUT2D eigenvalue weighted by Gasteiger charge is 2.27. The molecule has 1 heterocycles. The lowest BCUT2D eigenvalue weighted by Crippen LogP contribution is -2.52. The first kappa shape index (κ1) is 16.8. The molecule has 2 aliphatic rings. The second kappa shape index (κ2) is 8.74. The van der Waals surface area contributed by atoms with Crippen molar-refractivity contribution >= 4 is 5.91 Å². The maximum absolute atomic E-state index is 12.4. The van der Waals surface area contributed by atoms with E-state index in [0.29, 0.717) is 12.5 Å². The van der Waals surface area contributed by atoms with Gasteiger partial charge in [0.15, 0.2) is 0 Å². The number of nitrogens with zero attached hydrogens (tertiary/aromatic N) is 3. The molecule has 1 saturated heterocycles. The molecular weight excluding hydrogens is 262 g/mol. The molecule has 21 heavy (non-hydrogen) atoms. The summed E-state index contributed by atoms with van der Waals surface area (Å²) < 4.78 is 0. The zero-order valence-corrected chi connectivity index (χ0v) is 14.0. The second-order valence-electron chi connectivity index (χ2n) is 6.63. The Morgan fingerprint density at radius 1 is 1.00 bits per heavy atom. The Morgan fingerprint density at radius 3 is 2.10 bits per heavy atom. The second-order valence-corrected chi connectivity index (χ2v) is 6.63. The molecule has 1 amide bonds. The monoisotopic (exact) mass is 295 g/mol. The van der Waals surface area contributed by atoms with Crippen LogP contribution in [0.2, 0.25) is 0 Å². The third-order valence-corrected chi connectivity index (χ3v) is 4.95. The Balaban J connectivity index is 1.72. The van der Waals surface area contributed by atoms with E-state index in [1.807, 2.05) is 4.90 Å². The molecule has 0 unspecified atom stereocenters. The van der Waals surface area contributed by atoms with Crippen molar-refractivity contribution in [1.82, 2.24) is 14.7 Å². The fourth-order valence-corrected chi connectivity index (χ4v) is 3.75. The Bertz CT molecular complexity index is 301. The Hall–Kier alpha value is -0.610. The summed E-state index contributed by atoms with van der Waals surface area (Å²) in [6.45, 7) is 11.2. The van der Waals surface area contributed by atoms with Crippen molar-refractivity contribution in [3.8, 4) is 0 Å². The van der Waals surface area contributed by atoms with E-state index in [9.17, 15) is 4.79 Å². The summed E-state index contributed by atoms with van der Waals surface area (Å²) in [7, 11) is 0. The Kier molecular flexibility index (Phi) is 6.97. The van der Waals surface area contributed by atoms with Crippen LogP contribution in [-0.2, 0) is 4.79 Å². The van der Waals surface area contributed by atoms with E-state index in [1.54, 1.807) is 0 Å². The van der Waals surface area contributed by atoms with Gasteiger partial charge in [-0.3, -0.25) is 14.6 Å². The van der Waals surface area contributed by atoms with E-state index in [1.165, 1.54) is 25.7 Å². The van der Waals surface area contributed by atoms with Gasteiger partial charge in [-0.15, -0.1) is 0 Å². The summed E-state index contributed by atoms with van der Waals surface area (Å²) in [6, 6.07) is 0.833. The molecule has 0 spiro atoms. The van der Waals surface area contributed by atoms with Crippen LogP contribution in [0.25, 0.3) is 0 Å². The number of piperazine rings is 1. The first-order valence-corrected chi connectivity index (χ1v) is 8.98. The van der Waals surface area contributed by atoms with Crippen molar-refractivity contribution in [2.75, 3.05) is 45.8 Å². The van der Waals surface area contributed by atoms with Gasteiger partial charge in [-0.1, -0.05) is 26.7 Å². The lowest BCUT2D eigenvalue weighted by atomic mass is 10.2. The highest BCUT2D eigenvalue weighted by Crippen LogP contribution is 2.24. The van der Waals surface area contributed by atoms with Crippen molar-refractivity contribution in [2.45, 2.75) is 58.4 Å². The molecule has 1 saturated carbocycles.